The Morgan fingerprint density at radius 1 is 1.44 bits per heavy atom. The van der Waals surface area contributed by atoms with Crippen molar-refractivity contribution in [1.29, 1.82) is 0 Å². The molecule has 0 aliphatic carbocycles. The summed E-state index contributed by atoms with van der Waals surface area (Å²) in [7, 11) is 0. The molecule has 16 heavy (non-hydrogen) atoms. The zero-order chi connectivity index (χ0) is 11.8. The van der Waals surface area contributed by atoms with Crippen LogP contribution in [0.2, 0.25) is 0 Å². The third-order valence-corrected chi connectivity index (χ3v) is 1.98. The Kier molecular flexibility index (Phi) is 5.28. The molecule has 0 aliphatic heterocycles. The van der Waals surface area contributed by atoms with Crippen molar-refractivity contribution in [1.82, 2.24) is 15.7 Å². The molecule has 4 N–H and O–H groups in total. The Morgan fingerprint density at radius 2 is 2.12 bits per heavy atom. The lowest BCUT2D eigenvalue weighted by Gasteiger charge is -2.11. The van der Waals surface area contributed by atoms with E-state index in [0.29, 0.717) is 18.5 Å². The highest BCUT2D eigenvalue weighted by atomic mass is 15.3. The second kappa shape index (κ2) is 6.79. The van der Waals surface area contributed by atoms with E-state index in [9.17, 15) is 0 Å². The molecule has 0 fully saturated rings. The second-order valence-corrected chi connectivity index (χ2v) is 3.78. The van der Waals surface area contributed by atoms with Crippen molar-refractivity contribution < 1.29 is 0 Å². The summed E-state index contributed by atoms with van der Waals surface area (Å²) in [5.41, 5.74) is 3.77. The molecule has 1 aromatic heterocycles. The van der Waals surface area contributed by atoms with Crippen LogP contribution in [0.3, 0.4) is 0 Å². The Bertz CT molecular complexity index is 320. The Hall–Kier alpha value is -1.62. The molecule has 1 aromatic rings. The second-order valence-electron chi connectivity index (χ2n) is 3.78. The van der Waals surface area contributed by atoms with Crippen LogP contribution >= 0.6 is 0 Å². The van der Waals surface area contributed by atoms with Gasteiger partial charge in [0.1, 0.15) is 0 Å². The summed E-state index contributed by atoms with van der Waals surface area (Å²) in [6, 6.07) is 4.29. The third kappa shape index (κ3) is 4.75. The molecule has 0 bridgehead atoms. The van der Waals surface area contributed by atoms with Gasteiger partial charge >= 0.3 is 0 Å². The molecule has 0 saturated carbocycles. The fraction of sp³-hybridized carbons (Fsp3) is 0.455. The van der Waals surface area contributed by atoms with Gasteiger partial charge in [-0.05, 0) is 38.0 Å². The number of nitrogens with zero attached hydrogens (tertiary/aromatic N) is 2. The van der Waals surface area contributed by atoms with Crippen LogP contribution in [-0.2, 0) is 6.42 Å². The molecule has 0 unspecified atom stereocenters. The van der Waals surface area contributed by atoms with E-state index in [0.717, 1.165) is 6.42 Å². The van der Waals surface area contributed by atoms with Gasteiger partial charge in [-0.3, -0.25) is 15.4 Å². The predicted molar refractivity (Wildman–Crippen MR) is 65.8 cm³/mol. The average Bonchev–Trinajstić information content (AvgIpc) is 2.28. The lowest BCUT2D eigenvalue weighted by molar-refractivity contribution is 0.702. The molecule has 0 aromatic carbocycles. The summed E-state index contributed by atoms with van der Waals surface area (Å²) in [6.07, 6.45) is 4.45. The highest BCUT2D eigenvalue weighted by Crippen LogP contribution is 1.97. The summed E-state index contributed by atoms with van der Waals surface area (Å²) >= 11 is 0. The number of nitrogens with two attached hydrogens (primary N) is 1. The van der Waals surface area contributed by atoms with Gasteiger partial charge in [-0.2, -0.15) is 0 Å². The Morgan fingerprint density at radius 3 is 2.69 bits per heavy atom. The van der Waals surface area contributed by atoms with Gasteiger partial charge < -0.3 is 5.32 Å². The summed E-state index contributed by atoms with van der Waals surface area (Å²) < 4.78 is 0. The number of aromatic nitrogens is 1. The van der Waals surface area contributed by atoms with Crippen LogP contribution < -0.4 is 16.6 Å². The number of hydrogen-bond donors (Lipinski definition) is 3. The summed E-state index contributed by atoms with van der Waals surface area (Å²) in [6.45, 7) is 4.77. The molecule has 88 valence electrons. The van der Waals surface area contributed by atoms with Crippen LogP contribution in [0.5, 0.6) is 0 Å². The Labute approximate surface area is 96.1 Å². The van der Waals surface area contributed by atoms with Gasteiger partial charge in [-0.25, -0.2) is 5.84 Å². The van der Waals surface area contributed by atoms with E-state index < -0.39 is 0 Å². The molecule has 5 heteroatoms. The van der Waals surface area contributed by atoms with Crippen molar-refractivity contribution in [3.05, 3.63) is 30.1 Å². The van der Waals surface area contributed by atoms with E-state index in [1.165, 1.54) is 5.56 Å². The maximum atomic E-state index is 5.35. The maximum absolute atomic E-state index is 5.35. The molecule has 1 rings (SSSR count). The molecule has 0 radical (unpaired) electrons. The van der Waals surface area contributed by atoms with Crippen LogP contribution in [0, 0.1) is 0 Å². The maximum Gasteiger partial charge on any atom is 0.205 e. The zero-order valence-electron chi connectivity index (χ0n) is 9.77. The Balaban J connectivity index is 2.40. The minimum atomic E-state index is 0.315. The minimum absolute atomic E-state index is 0.315. The minimum Gasteiger partial charge on any atom is -0.353 e. The number of pyridine rings is 1. The number of nitrogens with one attached hydrogen (secondary N) is 2. The molecule has 0 atom stereocenters. The number of aliphatic imine (C=N–C) groups is 1. The number of hydrazine groups is 1. The highest BCUT2D eigenvalue weighted by Gasteiger charge is 1.97. The smallest absolute Gasteiger partial charge is 0.205 e. The molecule has 0 saturated heterocycles. The number of guanidine groups is 1. The van der Waals surface area contributed by atoms with Crippen molar-refractivity contribution >= 4 is 5.96 Å². The van der Waals surface area contributed by atoms with E-state index in [2.05, 4.69) is 20.7 Å². The van der Waals surface area contributed by atoms with Gasteiger partial charge in [0.05, 0.1) is 0 Å². The summed E-state index contributed by atoms with van der Waals surface area (Å²) in [4.78, 5) is 8.29. The van der Waals surface area contributed by atoms with Crippen molar-refractivity contribution in [2.24, 2.45) is 10.8 Å². The van der Waals surface area contributed by atoms with E-state index in [-0.39, 0.29) is 0 Å². The zero-order valence-corrected chi connectivity index (χ0v) is 9.77. The van der Waals surface area contributed by atoms with Gasteiger partial charge in [-0.1, -0.05) is 0 Å². The number of hydrogen-bond acceptors (Lipinski definition) is 3. The summed E-state index contributed by atoms with van der Waals surface area (Å²) in [5, 5.41) is 3.12. The van der Waals surface area contributed by atoms with E-state index in [4.69, 9.17) is 5.84 Å². The van der Waals surface area contributed by atoms with Crippen LogP contribution in [0.15, 0.2) is 29.5 Å². The molecule has 0 spiro atoms. The van der Waals surface area contributed by atoms with Crippen LogP contribution in [-0.4, -0.2) is 23.5 Å². The normalized spacial score (nSPS) is 11.6. The largest absolute Gasteiger partial charge is 0.353 e. The standard InChI is InChI=1S/C11H19N5/c1-9(2)15-11(16-12)14-8-5-10-3-6-13-7-4-10/h3-4,6-7,9H,5,8,12H2,1-2H3,(H2,14,15,16). The molecule has 0 amide bonds. The fourth-order valence-electron chi connectivity index (χ4n) is 1.25. The van der Waals surface area contributed by atoms with E-state index in [1.54, 1.807) is 12.4 Å². The SMILES string of the molecule is CC(C)NC(=NCCc1ccncc1)NN. The third-order valence-electron chi connectivity index (χ3n) is 1.98. The van der Waals surface area contributed by atoms with Gasteiger partial charge in [0, 0.05) is 25.0 Å². The quantitative estimate of drug-likeness (QED) is 0.298. The first-order valence-electron chi connectivity index (χ1n) is 5.39. The van der Waals surface area contributed by atoms with Gasteiger partial charge in [0.15, 0.2) is 0 Å². The first kappa shape index (κ1) is 12.4. The van der Waals surface area contributed by atoms with E-state index in [1.807, 2.05) is 26.0 Å². The van der Waals surface area contributed by atoms with Crippen molar-refractivity contribution in [2.45, 2.75) is 26.3 Å². The monoisotopic (exact) mass is 221 g/mol. The van der Waals surface area contributed by atoms with Crippen LogP contribution in [0.4, 0.5) is 0 Å². The van der Waals surface area contributed by atoms with E-state index >= 15 is 0 Å². The van der Waals surface area contributed by atoms with Gasteiger partial charge in [-0.15, -0.1) is 0 Å². The average molecular weight is 221 g/mol. The molecular formula is C11H19N5. The predicted octanol–water partition coefficient (Wildman–Crippen LogP) is 0.441. The van der Waals surface area contributed by atoms with Crippen molar-refractivity contribution in [3.8, 4) is 0 Å². The first-order valence-corrected chi connectivity index (χ1v) is 5.39. The van der Waals surface area contributed by atoms with Crippen LogP contribution in [0.1, 0.15) is 19.4 Å². The van der Waals surface area contributed by atoms with Crippen molar-refractivity contribution in [3.63, 3.8) is 0 Å². The molecule has 1 heterocycles. The molecule has 5 nitrogen and oxygen atoms in total. The lowest BCUT2D eigenvalue weighted by Crippen LogP contribution is -2.44. The molecule has 0 aliphatic rings. The lowest BCUT2D eigenvalue weighted by atomic mass is 10.2. The van der Waals surface area contributed by atoms with Gasteiger partial charge in [0.25, 0.3) is 0 Å². The first-order chi connectivity index (χ1) is 7.72. The molecular weight excluding hydrogens is 202 g/mol. The topological polar surface area (TPSA) is 75.3 Å². The van der Waals surface area contributed by atoms with Crippen molar-refractivity contribution in [2.75, 3.05) is 6.54 Å². The highest BCUT2D eigenvalue weighted by molar-refractivity contribution is 5.79. The van der Waals surface area contributed by atoms with Crippen LogP contribution in [0.25, 0.3) is 0 Å². The number of rotatable bonds is 4. The summed E-state index contributed by atoms with van der Waals surface area (Å²) in [5.74, 6) is 5.98. The fourth-order valence-corrected chi connectivity index (χ4v) is 1.25. The van der Waals surface area contributed by atoms with Gasteiger partial charge in [0.2, 0.25) is 5.96 Å².